The fourth-order valence-corrected chi connectivity index (χ4v) is 5.75. The molecule has 5 fully saturated rings. The Kier molecular flexibility index (Phi) is 2.48. The van der Waals surface area contributed by atoms with Gasteiger partial charge in [0.05, 0.1) is 0 Å². The highest BCUT2D eigenvalue weighted by atomic mass is 16.1. The Bertz CT molecular complexity index is 311. The largest absolute Gasteiger partial charge is 0.343 e. The molecular weight excluding hydrogens is 224 g/mol. The number of hydrogen-bond acceptors (Lipinski definition) is 2. The van der Waals surface area contributed by atoms with E-state index in [0.29, 0.717) is 5.54 Å². The van der Waals surface area contributed by atoms with Crippen LogP contribution >= 0.6 is 0 Å². The van der Waals surface area contributed by atoms with Crippen LogP contribution in [0.4, 0.5) is 0 Å². The quantitative estimate of drug-likeness (QED) is 0.695. The van der Waals surface area contributed by atoms with E-state index in [4.69, 9.17) is 0 Å². The molecule has 4 aliphatic carbocycles. The summed E-state index contributed by atoms with van der Waals surface area (Å²) in [7, 11) is 0. The molecule has 1 amide bonds. The van der Waals surface area contributed by atoms with Crippen molar-refractivity contribution >= 4 is 6.41 Å². The third-order valence-corrected chi connectivity index (χ3v) is 6.14. The first-order valence-corrected chi connectivity index (χ1v) is 7.72. The van der Waals surface area contributed by atoms with Gasteiger partial charge in [-0.15, -0.1) is 0 Å². The summed E-state index contributed by atoms with van der Waals surface area (Å²) < 4.78 is 0. The molecule has 0 spiro atoms. The third-order valence-electron chi connectivity index (χ3n) is 6.14. The lowest BCUT2D eigenvalue weighted by atomic mass is 9.52. The minimum atomic E-state index is 0.545. The SMILES string of the molecule is O=CN1CCN(C23CC4CC(CC(C4)C2)C3)CC1. The molecule has 0 N–H and O–H groups in total. The van der Waals surface area contributed by atoms with Gasteiger partial charge < -0.3 is 4.90 Å². The predicted molar refractivity (Wildman–Crippen MR) is 70.1 cm³/mol. The minimum absolute atomic E-state index is 0.545. The molecule has 1 aliphatic heterocycles. The zero-order valence-electron chi connectivity index (χ0n) is 11.2. The van der Waals surface area contributed by atoms with E-state index in [1.54, 1.807) is 0 Å². The van der Waals surface area contributed by atoms with Crippen LogP contribution in [0.25, 0.3) is 0 Å². The van der Waals surface area contributed by atoms with E-state index in [-0.39, 0.29) is 0 Å². The predicted octanol–water partition coefficient (Wildman–Crippen LogP) is 1.73. The van der Waals surface area contributed by atoms with Crippen LogP contribution in [0.5, 0.6) is 0 Å². The Morgan fingerprint density at radius 3 is 1.78 bits per heavy atom. The van der Waals surface area contributed by atoms with Crippen LogP contribution in [0.2, 0.25) is 0 Å². The average Bonchev–Trinajstić information content (AvgIpc) is 2.37. The number of carbonyl (C=O) groups is 1. The first kappa shape index (κ1) is 11.3. The van der Waals surface area contributed by atoms with Gasteiger partial charge in [-0.25, -0.2) is 0 Å². The maximum absolute atomic E-state index is 10.8. The van der Waals surface area contributed by atoms with E-state index in [1.165, 1.54) is 38.5 Å². The van der Waals surface area contributed by atoms with Gasteiger partial charge in [-0.05, 0) is 56.3 Å². The van der Waals surface area contributed by atoms with Crippen molar-refractivity contribution in [3.63, 3.8) is 0 Å². The normalized spacial score (nSPS) is 47.6. The van der Waals surface area contributed by atoms with Crippen molar-refractivity contribution in [2.75, 3.05) is 26.2 Å². The number of nitrogens with zero attached hydrogens (tertiary/aromatic N) is 2. The second kappa shape index (κ2) is 3.96. The summed E-state index contributed by atoms with van der Waals surface area (Å²) in [4.78, 5) is 15.5. The van der Waals surface area contributed by atoms with Gasteiger partial charge in [0.15, 0.2) is 0 Å². The molecule has 0 atom stereocenters. The summed E-state index contributed by atoms with van der Waals surface area (Å²) in [5, 5.41) is 0. The van der Waals surface area contributed by atoms with Gasteiger partial charge in [0, 0.05) is 31.7 Å². The zero-order valence-corrected chi connectivity index (χ0v) is 11.2. The summed E-state index contributed by atoms with van der Waals surface area (Å²) in [5.74, 6) is 3.08. The molecule has 1 heterocycles. The first-order chi connectivity index (χ1) is 8.77. The number of piperazine rings is 1. The fourth-order valence-electron chi connectivity index (χ4n) is 5.75. The van der Waals surface area contributed by atoms with E-state index in [9.17, 15) is 4.79 Å². The summed E-state index contributed by atoms with van der Waals surface area (Å²) in [6, 6.07) is 0. The van der Waals surface area contributed by atoms with E-state index >= 15 is 0 Å². The maximum atomic E-state index is 10.8. The van der Waals surface area contributed by atoms with E-state index in [0.717, 1.165) is 50.3 Å². The van der Waals surface area contributed by atoms with Crippen LogP contribution in [0.1, 0.15) is 38.5 Å². The van der Waals surface area contributed by atoms with Gasteiger partial charge in [0.2, 0.25) is 6.41 Å². The van der Waals surface area contributed by atoms with Gasteiger partial charge in [-0.2, -0.15) is 0 Å². The maximum Gasteiger partial charge on any atom is 0.209 e. The van der Waals surface area contributed by atoms with Crippen molar-refractivity contribution in [1.82, 2.24) is 9.80 Å². The van der Waals surface area contributed by atoms with Crippen LogP contribution in [-0.4, -0.2) is 47.9 Å². The summed E-state index contributed by atoms with van der Waals surface area (Å²) in [6.07, 6.45) is 9.96. The second-order valence-corrected chi connectivity index (χ2v) is 7.27. The van der Waals surface area contributed by atoms with E-state index in [2.05, 4.69) is 4.90 Å². The monoisotopic (exact) mass is 248 g/mol. The highest BCUT2D eigenvalue weighted by molar-refractivity contribution is 5.47. The summed E-state index contributed by atoms with van der Waals surface area (Å²) in [5.41, 5.74) is 0.545. The van der Waals surface area contributed by atoms with Crippen molar-refractivity contribution in [2.24, 2.45) is 17.8 Å². The van der Waals surface area contributed by atoms with Crippen LogP contribution in [0, 0.1) is 17.8 Å². The minimum Gasteiger partial charge on any atom is -0.343 e. The van der Waals surface area contributed by atoms with Gasteiger partial charge in [0.25, 0.3) is 0 Å². The Morgan fingerprint density at radius 1 is 0.833 bits per heavy atom. The molecule has 0 radical (unpaired) electrons. The first-order valence-electron chi connectivity index (χ1n) is 7.72. The molecule has 0 aromatic carbocycles. The smallest absolute Gasteiger partial charge is 0.209 e. The van der Waals surface area contributed by atoms with Gasteiger partial charge in [-0.1, -0.05) is 0 Å². The number of rotatable bonds is 2. The Labute approximate surface area is 110 Å². The molecule has 0 aromatic heterocycles. The summed E-state index contributed by atoms with van der Waals surface area (Å²) in [6.45, 7) is 4.13. The molecule has 5 rings (SSSR count). The lowest BCUT2D eigenvalue weighted by molar-refractivity contribution is -0.126. The van der Waals surface area contributed by atoms with E-state index in [1.807, 2.05) is 4.90 Å². The molecule has 4 bridgehead atoms. The Hall–Kier alpha value is -0.570. The van der Waals surface area contributed by atoms with Crippen LogP contribution in [0.3, 0.4) is 0 Å². The topological polar surface area (TPSA) is 23.6 Å². The number of carbonyl (C=O) groups excluding carboxylic acids is 1. The van der Waals surface area contributed by atoms with Crippen molar-refractivity contribution < 1.29 is 4.79 Å². The van der Waals surface area contributed by atoms with Gasteiger partial charge in [-0.3, -0.25) is 9.69 Å². The number of amides is 1. The lowest BCUT2D eigenvalue weighted by Gasteiger charge is -2.61. The Morgan fingerprint density at radius 2 is 1.33 bits per heavy atom. The highest BCUT2D eigenvalue weighted by Gasteiger charge is 2.53. The molecule has 5 aliphatic rings. The molecule has 4 saturated carbocycles. The van der Waals surface area contributed by atoms with Crippen molar-refractivity contribution in [3.05, 3.63) is 0 Å². The lowest BCUT2D eigenvalue weighted by Crippen LogP contribution is -2.63. The second-order valence-electron chi connectivity index (χ2n) is 7.27. The molecule has 3 heteroatoms. The third kappa shape index (κ3) is 1.63. The Balaban J connectivity index is 1.52. The van der Waals surface area contributed by atoms with Crippen molar-refractivity contribution in [1.29, 1.82) is 0 Å². The van der Waals surface area contributed by atoms with Crippen molar-refractivity contribution in [3.8, 4) is 0 Å². The molecule has 1 saturated heterocycles. The van der Waals surface area contributed by atoms with Crippen LogP contribution < -0.4 is 0 Å². The van der Waals surface area contributed by atoms with Crippen LogP contribution in [0.15, 0.2) is 0 Å². The molecule has 18 heavy (non-hydrogen) atoms. The summed E-state index contributed by atoms with van der Waals surface area (Å²) >= 11 is 0. The number of hydrogen-bond donors (Lipinski definition) is 0. The molecule has 0 unspecified atom stereocenters. The average molecular weight is 248 g/mol. The van der Waals surface area contributed by atoms with Gasteiger partial charge in [0.1, 0.15) is 0 Å². The highest BCUT2D eigenvalue weighted by Crippen LogP contribution is 2.57. The van der Waals surface area contributed by atoms with E-state index < -0.39 is 0 Å². The molecule has 0 aromatic rings. The fraction of sp³-hybridized carbons (Fsp3) is 0.933. The molecular formula is C15H24N2O. The standard InChI is InChI=1S/C15H24N2O/c18-11-16-1-3-17(4-2-16)15-8-12-5-13(9-15)7-14(6-12)10-15/h11-14H,1-10H2. The van der Waals surface area contributed by atoms with Gasteiger partial charge >= 0.3 is 0 Å². The molecule has 100 valence electrons. The molecule has 3 nitrogen and oxygen atoms in total. The van der Waals surface area contributed by atoms with Crippen LogP contribution in [-0.2, 0) is 4.79 Å². The zero-order chi connectivity index (χ0) is 12.2. The van der Waals surface area contributed by atoms with Crippen molar-refractivity contribution in [2.45, 2.75) is 44.1 Å².